The van der Waals surface area contributed by atoms with Crippen molar-refractivity contribution in [2.75, 3.05) is 20.8 Å². The minimum Gasteiger partial charge on any atom is -0.497 e. The van der Waals surface area contributed by atoms with Crippen molar-refractivity contribution in [3.63, 3.8) is 0 Å². The topological polar surface area (TPSA) is 38.7 Å². The van der Waals surface area contributed by atoms with Crippen LogP contribution in [0, 0.1) is 5.92 Å². The molecule has 0 spiro atoms. The fourth-order valence-corrected chi connectivity index (χ4v) is 2.90. The van der Waals surface area contributed by atoms with Gasteiger partial charge < -0.3 is 14.6 Å². The van der Waals surface area contributed by atoms with Gasteiger partial charge in [-0.3, -0.25) is 0 Å². The quantitative estimate of drug-likeness (QED) is 0.892. The van der Waals surface area contributed by atoms with Crippen LogP contribution in [0.15, 0.2) is 23.8 Å². The molecule has 0 bridgehead atoms. The van der Waals surface area contributed by atoms with Crippen molar-refractivity contribution in [3.05, 3.63) is 29.3 Å². The van der Waals surface area contributed by atoms with E-state index in [1.807, 2.05) is 18.2 Å². The number of rotatable bonds is 5. The molecular formula is C17H24O3. The van der Waals surface area contributed by atoms with Gasteiger partial charge in [0.1, 0.15) is 11.5 Å². The third-order valence-electron chi connectivity index (χ3n) is 4.09. The Morgan fingerprint density at radius 1 is 1.20 bits per heavy atom. The number of aliphatic hydroxyl groups excluding tert-OH is 1. The number of hydrogen-bond acceptors (Lipinski definition) is 3. The Morgan fingerprint density at radius 3 is 2.55 bits per heavy atom. The van der Waals surface area contributed by atoms with Gasteiger partial charge in [0.2, 0.25) is 0 Å². The monoisotopic (exact) mass is 276 g/mol. The maximum Gasteiger partial charge on any atom is 0.129 e. The Kier molecular flexibility index (Phi) is 5.48. The number of hydrogen-bond donors (Lipinski definition) is 1. The molecule has 0 heterocycles. The highest BCUT2D eigenvalue weighted by molar-refractivity contribution is 5.62. The summed E-state index contributed by atoms with van der Waals surface area (Å²) in [6.07, 6.45) is 8.30. The second-order valence-electron chi connectivity index (χ2n) is 5.32. The number of aliphatic hydroxyl groups is 1. The van der Waals surface area contributed by atoms with E-state index in [4.69, 9.17) is 9.47 Å². The largest absolute Gasteiger partial charge is 0.497 e. The summed E-state index contributed by atoms with van der Waals surface area (Å²) in [6, 6.07) is 5.78. The SMILES string of the molecule is COc1ccc(/C=C(/CO)C2CCCCC2)c(OC)c1. The van der Waals surface area contributed by atoms with Gasteiger partial charge in [0, 0.05) is 11.6 Å². The molecule has 1 aliphatic rings. The summed E-state index contributed by atoms with van der Waals surface area (Å²) in [6.45, 7) is 0.125. The third kappa shape index (κ3) is 3.54. The van der Waals surface area contributed by atoms with Gasteiger partial charge in [-0.15, -0.1) is 0 Å². The second-order valence-corrected chi connectivity index (χ2v) is 5.32. The lowest BCUT2D eigenvalue weighted by atomic mass is 9.83. The summed E-state index contributed by atoms with van der Waals surface area (Å²) < 4.78 is 10.6. The van der Waals surface area contributed by atoms with Gasteiger partial charge in [-0.2, -0.15) is 0 Å². The van der Waals surface area contributed by atoms with Gasteiger partial charge in [0.25, 0.3) is 0 Å². The Morgan fingerprint density at radius 2 is 1.95 bits per heavy atom. The van der Waals surface area contributed by atoms with Crippen LogP contribution in [0.2, 0.25) is 0 Å². The average Bonchev–Trinajstić information content (AvgIpc) is 2.53. The van der Waals surface area contributed by atoms with Gasteiger partial charge in [-0.25, -0.2) is 0 Å². The van der Waals surface area contributed by atoms with E-state index in [1.54, 1.807) is 14.2 Å². The summed E-state index contributed by atoms with van der Waals surface area (Å²) in [7, 11) is 3.30. The van der Waals surface area contributed by atoms with Crippen molar-refractivity contribution < 1.29 is 14.6 Å². The Labute approximate surface area is 121 Å². The molecule has 0 atom stereocenters. The molecular weight excluding hydrogens is 252 g/mol. The third-order valence-corrected chi connectivity index (χ3v) is 4.09. The first-order valence-electron chi connectivity index (χ1n) is 7.32. The van der Waals surface area contributed by atoms with Gasteiger partial charge >= 0.3 is 0 Å². The fraction of sp³-hybridized carbons (Fsp3) is 0.529. The average molecular weight is 276 g/mol. The van der Waals surface area contributed by atoms with Gasteiger partial charge in [-0.05, 0) is 42.5 Å². The summed E-state index contributed by atoms with van der Waals surface area (Å²) >= 11 is 0. The van der Waals surface area contributed by atoms with Crippen LogP contribution >= 0.6 is 0 Å². The van der Waals surface area contributed by atoms with E-state index in [1.165, 1.54) is 32.1 Å². The maximum absolute atomic E-state index is 9.67. The summed E-state index contributed by atoms with van der Waals surface area (Å²) in [5, 5.41) is 9.67. The maximum atomic E-state index is 9.67. The van der Waals surface area contributed by atoms with Gasteiger partial charge in [0.15, 0.2) is 0 Å². The van der Waals surface area contributed by atoms with Crippen molar-refractivity contribution in [1.82, 2.24) is 0 Å². The van der Waals surface area contributed by atoms with E-state index in [0.717, 1.165) is 22.6 Å². The van der Waals surface area contributed by atoms with E-state index in [0.29, 0.717) is 5.92 Å². The molecule has 1 fully saturated rings. The van der Waals surface area contributed by atoms with Crippen LogP contribution in [0.3, 0.4) is 0 Å². The molecule has 1 aromatic rings. The van der Waals surface area contributed by atoms with Crippen LogP contribution in [0.1, 0.15) is 37.7 Å². The molecule has 1 aromatic carbocycles. The molecule has 0 saturated heterocycles. The lowest BCUT2D eigenvalue weighted by Gasteiger charge is -2.23. The van der Waals surface area contributed by atoms with Crippen molar-refractivity contribution in [3.8, 4) is 11.5 Å². The number of ether oxygens (including phenoxy) is 2. The van der Waals surface area contributed by atoms with Crippen molar-refractivity contribution >= 4 is 6.08 Å². The van der Waals surface area contributed by atoms with Crippen LogP contribution in [-0.2, 0) is 0 Å². The summed E-state index contributed by atoms with van der Waals surface area (Å²) in [5.74, 6) is 2.08. The smallest absolute Gasteiger partial charge is 0.129 e. The van der Waals surface area contributed by atoms with Crippen LogP contribution in [0.25, 0.3) is 6.08 Å². The van der Waals surface area contributed by atoms with E-state index < -0.39 is 0 Å². The molecule has 3 nitrogen and oxygen atoms in total. The second kappa shape index (κ2) is 7.34. The highest BCUT2D eigenvalue weighted by Gasteiger charge is 2.17. The number of benzene rings is 1. The lowest BCUT2D eigenvalue weighted by molar-refractivity contribution is 0.295. The van der Waals surface area contributed by atoms with Crippen molar-refractivity contribution in [2.45, 2.75) is 32.1 Å². The van der Waals surface area contributed by atoms with Gasteiger partial charge in [-0.1, -0.05) is 19.3 Å². The molecule has 20 heavy (non-hydrogen) atoms. The molecule has 2 rings (SSSR count). The molecule has 110 valence electrons. The standard InChI is InChI=1S/C17H24O3/c1-19-16-9-8-14(17(11-16)20-2)10-15(12-18)13-6-4-3-5-7-13/h8-11,13,18H,3-7,12H2,1-2H3/b15-10-. The van der Waals surface area contributed by atoms with Crippen molar-refractivity contribution in [1.29, 1.82) is 0 Å². The highest BCUT2D eigenvalue weighted by Crippen LogP contribution is 2.33. The molecule has 1 aliphatic carbocycles. The van der Waals surface area contributed by atoms with E-state index in [-0.39, 0.29) is 6.61 Å². The summed E-state index contributed by atoms with van der Waals surface area (Å²) in [4.78, 5) is 0. The predicted molar refractivity (Wildman–Crippen MR) is 81.2 cm³/mol. The zero-order valence-corrected chi connectivity index (χ0v) is 12.4. The first kappa shape index (κ1) is 14.9. The first-order valence-corrected chi connectivity index (χ1v) is 7.32. The van der Waals surface area contributed by atoms with Crippen LogP contribution in [0.4, 0.5) is 0 Å². The Bertz CT molecular complexity index is 459. The Balaban J connectivity index is 2.26. The van der Waals surface area contributed by atoms with Crippen LogP contribution < -0.4 is 9.47 Å². The molecule has 0 amide bonds. The predicted octanol–water partition coefficient (Wildman–Crippen LogP) is 3.66. The van der Waals surface area contributed by atoms with E-state index in [2.05, 4.69) is 6.08 Å². The molecule has 1 saturated carbocycles. The van der Waals surface area contributed by atoms with E-state index in [9.17, 15) is 5.11 Å². The molecule has 1 N–H and O–H groups in total. The fourth-order valence-electron chi connectivity index (χ4n) is 2.90. The normalized spacial score (nSPS) is 17.1. The Hall–Kier alpha value is -1.48. The molecule has 0 aromatic heterocycles. The van der Waals surface area contributed by atoms with Crippen LogP contribution in [0.5, 0.6) is 11.5 Å². The lowest BCUT2D eigenvalue weighted by Crippen LogP contribution is -2.11. The first-order chi connectivity index (χ1) is 9.78. The molecule has 0 unspecified atom stereocenters. The zero-order valence-electron chi connectivity index (χ0n) is 12.4. The van der Waals surface area contributed by atoms with Gasteiger partial charge in [0.05, 0.1) is 20.8 Å². The number of methoxy groups -OCH3 is 2. The highest BCUT2D eigenvalue weighted by atomic mass is 16.5. The molecule has 0 aliphatic heterocycles. The minimum atomic E-state index is 0.125. The van der Waals surface area contributed by atoms with Crippen molar-refractivity contribution in [2.24, 2.45) is 5.92 Å². The zero-order chi connectivity index (χ0) is 14.4. The molecule has 3 heteroatoms. The minimum absolute atomic E-state index is 0.125. The van der Waals surface area contributed by atoms with E-state index >= 15 is 0 Å². The van der Waals surface area contributed by atoms with Crippen LogP contribution in [-0.4, -0.2) is 25.9 Å². The molecule has 0 radical (unpaired) electrons. The summed E-state index contributed by atoms with van der Waals surface area (Å²) in [5.41, 5.74) is 2.12.